The molecule has 0 saturated heterocycles. The van der Waals surface area contributed by atoms with Gasteiger partial charge >= 0.3 is 0 Å². The molecular formula is C23H17ClN2O4. The van der Waals surface area contributed by atoms with Crippen LogP contribution in [0.3, 0.4) is 0 Å². The summed E-state index contributed by atoms with van der Waals surface area (Å²) in [6.45, 7) is 1.71. The molecule has 0 radical (unpaired) electrons. The Morgan fingerprint density at radius 2 is 1.60 bits per heavy atom. The third kappa shape index (κ3) is 3.65. The Hall–Kier alpha value is -3.64. The molecular weight excluding hydrogens is 404 g/mol. The summed E-state index contributed by atoms with van der Waals surface area (Å²) in [7, 11) is 0. The van der Waals surface area contributed by atoms with Crippen molar-refractivity contribution in [1.29, 1.82) is 0 Å². The lowest BCUT2D eigenvalue weighted by molar-refractivity contribution is -0.118. The van der Waals surface area contributed by atoms with Crippen molar-refractivity contribution in [3.63, 3.8) is 0 Å². The van der Waals surface area contributed by atoms with Crippen LogP contribution in [0.25, 0.3) is 0 Å². The molecule has 1 N–H and O–H groups in total. The summed E-state index contributed by atoms with van der Waals surface area (Å²) in [6.07, 6.45) is 0. The summed E-state index contributed by atoms with van der Waals surface area (Å²) >= 11 is 6.30. The number of amides is 3. The first-order chi connectivity index (χ1) is 14.5. The number of hydrogen-bond donors (Lipinski definition) is 1. The van der Waals surface area contributed by atoms with Crippen LogP contribution in [0.2, 0.25) is 5.02 Å². The quantitative estimate of drug-likeness (QED) is 0.618. The molecule has 0 spiro atoms. The van der Waals surface area contributed by atoms with Crippen LogP contribution in [0, 0.1) is 6.92 Å². The second kappa shape index (κ2) is 8.00. The molecule has 30 heavy (non-hydrogen) atoms. The number of aryl methyl sites for hydroxylation is 1. The number of rotatable bonds is 5. The Kier molecular flexibility index (Phi) is 5.25. The lowest BCUT2D eigenvalue weighted by Gasteiger charge is -2.16. The standard InChI is InChI=1S/C23H17ClN2O4/c1-14-6-2-5-9-20(14)30-13-21(27)25-19-11-10-15(12-18(19)24)26-22(28)16-7-3-4-8-17(16)23(26)29/h2-12H,13H2,1H3,(H,25,27). The van der Waals surface area contributed by atoms with Gasteiger partial charge in [0, 0.05) is 0 Å². The predicted octanol–water partition coefficient (Wildman–Crippen LogP) is 4.47. The molecule has 0 aromatic heterocycles. The van der Waals surface area contributed by atoms with Gasteiger partial charge in [0.1, 0.15) is 5.75 Å². The zero-order valence-electron chi connectivity index (χ0n) is 16.0. The Morgan fingerprint density at radius 3 is 2.23 bits per heavy atom. The number of carbonyl (C=O) groups excluding carboxylic acids is 3. The second-order valence-corrected chi connectivity index (χ2v) is 7.16. The summed E-state index contributed by atoms with van der Waals surface area (Å²) in [6, 6.07) is 18.6. The van der Waals surface area contributed by atoms with Crippen LogP contribution in [0.15, 0.2) is 66.7 Å². The van der Waals surface area contributed by atoms with Gasteiger partial charge in [0.25, 0.3) is 17.7 Å². The Balaban J connectivity index is 1.46. The Labute approximate surface area is 178 Å². The first kappa shape index (κ1) is 19.7. The number of carbonyl (C=O) groups is 3. The number of hydrogen-bond acceptors (Lipinski definition) is 4. The molecule has 0 bridgehead atoms. The number of nitrogens with zero attached hydrogens (tertiary/aromatic N) is 1. The molecule has 3 aromatic carbocycles. The fraction of sp³-hybridized carbons (Fsp3) is 0.0870. The third-order valence-corrected chi connectivity index (χ3v) is 5.04. The zero-order chi connectivity index (χ0) is 21.3. The van der Waals surface area contributed by atoms with E-state index in [1.165, 1.54) is 6.07 Å². The van der Waals surface area contributed by atoms with Gasteiger partial charge < -0.3 is 10.1 Å². The number of anilines is 2. The van der Waals surface area contributed by atoms with Crippen LogP contribution in [0.1, 0.15) is 26.3 Å². The number of benzene rings is 3. The number of ether oxygens (including phenoxy) is 1. The van der Waals surface area contributed by atoms with Gasteiger partial charge in [0.15, 0.2) is 6.61 Å². The third-order valence-electron chi connectivity index (χ3n) is 4.73. The van der Waals surface area contributed by atoms with Crippen molar-refractivity contribution < 1.29 is 19.1 Å². The number of nitrogens with one attached hydrogen (secondary N) is 1. The molecule has 150 valence electrons. The van der Waals surface area contributed by atoms with Gasteiger partial charge in [-0.25, -0.2) is 4.90 Å². The summed E-state index contributed by atoms with van der Waals surface area (Å²) in [5, 5.41) is 2.88. The molecule has 0 saturated carbocycles. The van der Waals surface area contributed by atoms with E-state index in [1.54, 1.807) is 42.5 Å². The number of halogens is 1. The maximum Gasteiger partial charge on any atom is 0.266 e. The number of imide groups is 1. The molecule has 1 heterocycles. The van der Waals surface area contributed by atoms with Crippen LogP contribution in [0.4, 0.5) is 11.4 Å². The van der Waals surface area contributed by atoms with Crippen LogP contribution in [-0.2, 0) is 4.79 Å². The lowest BCUT2D eigenvalue weighted by atomic mass is 10.1. The van der Waals surface area contributed by atoms with Crippen LogP contribution >= 0.6 is 11.6 Å². The van der Waals surface area contributed by atoms with Crippen molar-refractivity contribution in [3.05, 3.63) is 88.4 Å². The van der Waals surface area contributed by atoms with E-state index in [2.05, 4.69) is 5.32 Å². The van der Waals surface area contributed by atoms with Gasteiger partial charge in [-0.1, -0.05) is 41.9 Å². The smallest absolute Gasteiger partial charge is 0.266 e. The molecule has 4 rings (SSSR count). The van der Waals surface area contributed by atoms with E-state index < -0.39 is 11.8 Å². The van der Waals surface area contributed by atoms with Gasteiger partial charge in [-0.3, -0.25) is 14.4 Å². The van der Waals surface area contributed by atoms with Gasteiger partial charge in [0.05, 0.1) is 27.5 Å². The van der Waals surface area contributed by atoms with Crippen LogP contribution in [0.5, 0.6) is 5.75 Å². The topological polar surface area (TPSA) is 75.7 Å². The van der Waals surface area contributed by atoms with E-state index in [4.69, 9.17) is 16.3 Å². The average molecular weight is 421 g/mol. The maximum absolute atomic E-state index is 12.6. The highest BCUT2D eigenvalue weighted by Gasteiger charge is 2.36. The van der Waals surface area contributed by atoms with Gasteiger partial charge in [-0.05, 0) is 48.9 Å². The molecule has 6 nitrogen and oxygen atoms in total. The van der Waals surface area contributed by atoms with E-state index in [-0.39, 0.29) is 17.5 Å². The summed E-state index contributed by atoms with van der Waals surface area (Å²) in [5.41, 5.74) is 2.32. The fourth-order valence-corrected chi connectivity index (χ4v) is 3.44. The highest BCUT2D eigenvalue weighted by atomic mass is 35.5. The molecule has 3 aromatic rings. The Morgan fingerprint density at radius 1 is 0.967 bits per heavy atom. The van der Waals surface area contributed by atoms with Gasteiger partial charge in [-0.2, -0.15) is 0 Å². The highest BCUT2D eigenvalue weighted by molar-refractivity contribution is 6.36. The van der Waals surface area contributed by atoms with Crippen molar-refractivity contribution in [2.45, 2.75) is 6.92 Å². The summed E-state index contributed by atoms with van der Waals surface area (Å²) < 4.78 is 5.53. The van der Waals surface area contributed by atoms with E-state index in [1.807, 2.05) is 25.1 Å². The van der Waals surface area contributed by atoms with Crippen molar-refractivity contribution in [3.8, 4) is 5.75 Å². The molecule has 0 fully saturated rings. The average Bonchev–Trinajstić information content (AvgIpc) is 3.00. The van der Waals surface area contributed by atoms with E-state index in [9.17, 15) is 14.4 Å². The van der Waals surface area contributed by atoms with Crippen molar-refractivity contribution >= 4 is 40.7 Å². The highest BCUT2D eigenvalue weighted by Crippen LogP contribution is 2.32. The number of fused-ring (bicyclic) bond motifs is 1. The molecule has 0 atom stereocenters. The summed E-state index contributed by atoms with van der Waals surface area (Å²) in [4.78, 5) is 38.5. The Bertz CT molecular complexity index is 1140. The largest absolute Gasteiger partial charge is 0.483 e. The first-order valence-electron chi connectivity index (χ1n) is 9.21. The summed E-state index contributed by atoms with van der Waals surface area (Å²) in [5.74, 6) is -0.571. The van der Waals surface area contributed by atoms with Crippen molar-refractivity contribution in [2.24, 2.45) is 0 Å². The molecule has 1 aliphatic rings. The van der Waals surface area contributed by atoms with Crippen molar-refractivity contribution in [2.75, 3.05) is 16.8 Å². The SMILES string of the molecule is Cc1ccccc1OCC(=O)Nc1ccc(N2C(=O)c3ccccc3C2=O)cc1Cl. The minimum atomic E-state index is -0.407. The fourth-order valence-electron chi connectivity index (χ4n) is 3.22. The minimum absolute atomic E-state index is 0.179. The van der Waals surface area contributed by atoms with E-state index in [0.717, 1.165) is 10.5 Å². The maximum atomic E-state index is 12.6. The van der Waals surface area contributed by atoms with E-state index >= 15 is 0 Å². The van der Waals surface area contributed by atoms with Gasteiger partial charge in [-0.15, -0.1) is 0 Å². The second-order valence-electron chi connectivity index (χ2n) is 6.76. The first-order valence-corrected chi connectivity index (χ1v) is 9.59. The number of para-hydroxylation sites is 1. The zero-order valence-corrected chi connectivity index (χ0v) is 16.8. The van der Waals surface area contributed by atoms with E-state index in [0.29, 0.717) is 28.3 Å². The minimum Gasteiger partial charge on any atom is -0.483 e. The predicted molar refractivity (Wildman–Crippen MR) is 114 cm³/mol. The monoisotopic (exact) mass is 420 g/mol. The normalized spacial score (nSPS) is 12.7. The van der Waals surface area contributed by atoms with Crippen LogP contribution in [-0.4, -0.2) is 24.3 Å². The molecule has 3 amide bonds. The molecule has 0 aliphatic carbocycles. The molecule has 1 aliphatic heterocycles. The molecule has 0 unspecified atom stereocenters. The lowest BCUT2D eigenvalue weighted by Crippen LogP contribution is -2.29. The molecule has 7 heteroatoms. The van der Waals surface area contributed by atoms with Crippen LogP contribution < -0.4 is 15.0 Å². The van der Waals surface area contributed by atoms with Crippen molar-refractivity contribution in [1.82, 2.24) is 0 Å². The van der Waals surface area contributed by atoms with Gasteiger partial charge in [0.2, 0.25) is 0 Å².